The molecule has 2 aromatic carbocycles. The normalized spacial score (nSPS) is 12.9. The minimum atomic E-state index is -1.02. The summed E-state index contributed by atoms with van der Waals surface area (Å²) in [6.07, 6.45) is 2.51. The second kappa shape index (κ2) is 13.2. The van der Waals surface area contributed by atoms with E-state index in [0.29, 0.717) is 43.5 Å². The lowest BCUT2D eigenvalue weighted by molar-refractivity contribution is 0.0617. The van der Waals surface area contributed by atoms with E-state index in [2.05, 4.69) is 28.3 Å². The lowest BCUT2D eigenvalue weighted by Gasteiger charge is -2.25. The van der Waals surface area contributed by atoms with Crippen molar-refractivity contribution in [2.24, 2.45) is 4.99 Å². The Labute approximate surface area is 202 Å². The summed E-state index contributed by atoms with van der Waals surface area (Å²) in [6.45, 7) is 9.11. The van der Waals surface area contributed by atoms with E-state index in [1.165, 1.54) is 0 Å². The molecule has 1 unspecified atom stereocenters. The zero-order valence-corrected chi connectivity index (χ0v) is 21.1. The minimum absolute atomic E-state index is 0. The maximum atomic E-state index is 10.8. The van der Waals surface area contributed by atoms with Crippen molar-refractivity contribution in [3.8, 4) is 11.5 Å². The number of nitrogens with zero attached hydrogens (tertiary/aromatic N) is 1. The summed E-state index contributed by atoms with van der Waals surface area (Å²) in [4.78, 5) is 4.67. The molecule has 0 fully saturated rings. The highest BCUT2D eigenvalue weighted by atomic mass is 127. The molecule has 3 N–H and O–H groups in total. The van der Waals surface area contributed by atoms with Crippen molar-refractivity contribution in [2.75, 3.05) is 27.3 Å². The predicted molar refractivity (Wildman–Crippen MR) is 138 cm³/mol. The molecular formula is C24H34IN3O3. The number of rotatable bonds is 10. The van der Waals surface area contributed by atoms with Crippen LogP contribution in [0.5, 0.6) is 11.5 Å². The highest BCUT2D eigenvalue weighted by molar-refractivity contribution is 14.0. The van der Waals surface area contributed by atoms with Gasteiger partial charge in [0.05, 0.1) is 27.3 Å². The van der Waals surface area contributed by atoms with Gasteiger partial charge in [-0.1, -0.05) is 36.4 Å². The van der Waals surface area contributed by atoms with E-state index < -0.39 is 5.60 Å². The van der Waals surface area contributed by atoms with Gasteiger partial charge in [0, 0.05) is 12.1 Å². The second-order valence-electron chi connectivity index (χ2n) is 7.17. The molecule has 0 amide bonds. The third-order valence-corrected chi connectivity index (χ3v) is 4.74. The number of halogens is 1. The van der Waals surface area contributed by atoms with E-state index in [-0.39, 0.29) is 24.0 Å². The SMILES string of the molecule is C=CCc1cc(CN=C(NCC)NCC(C)(O)c2ccccc2)cc(OC)c1OC.I. The zero-order chi connectivity index (χ0) is 22.0. The van der Waals surface area contributed by atoms with Gasteiger partial charge >= 0.3 is 0 Å². The first-order valence-electron chi connectivity index (χ1n) is 10.1. The van der Waals surface area contributed by atoms with Crippen molar-refractivity contribution in [3.05, 3.63) is 71.8 Å². The Hall–Kier alpha value is -2.26. The number of ether oxygens (including phenoxy) is 2. The molecule has 170 valence electrons. The summed E-state index contributed by atoms with van der Waals surface area (Å²) in [6, 6.07) is 13.6. The summed E-state index contributed by atoms with van der Waals surface area (Å²) in [7, 11) is 3.26. The number of nitrogens with one attached hydrogen (secondary N) is 2. The van der Waals surface area contributed by atoms with Crippen LogP contribution in [0.1, 0.15) is 30.5 Å². The predicted octanol–water partition coefficient (Wildman–Crippen LogP) is 4.01. The average Bonchev–Trinajstić information content (AvgIpc) is 2.76. The summed E-state index contributed by atoms with van der Waals surface area (Å²) in [5.41, 5.74) is 1.83. The van der Waals surface area contributed by atoms with Crippen LogP contribution in [-0.2, 0) is 18.6 Å². The van der Waals surface area contributed by atoms with Crippen molar-refractivity contribution < 1.29 is 14.6 Å². The third kappa shape index (κ3) is 7.74. The minimum Gasteiger partial charge on any atom is -0.493 e. The second-order valence-corrected chi connectivity index (χ2v) is 7.17. The fourth-order valence-corrected chi connectivity index (χ4v) is 3.17. The molecule has 0 bridgehead atoms. The number of hydrogen-bond acceptors (Lipinski definition) is 4. The van der Waals surface area contributed by atoms with Crippen molar-refractivity contribution >= 4 is 29.9 Å². The van der Waals surface area contributed by atoms with E-state index in [1.54, 1.807) is 21.1 Å². The Morgan fingerprint density at radius 2 is 1.87 bits per heavy atom. The molecular weight excluding hydrogens is 505 g/mol. The molecule has 0 spiro atoms. The quantitative estimate of drug-likeness (QED) is 0.184. The Kier molecular flexibility index (Phi) is 11.4. The van der Waals surface area contributed by atoms with Crippen LogP contribution in [0.25, 0.3) is 0 Å². The lowest BCUT2D eigenvalue weighted by atomic mass is 9.96. The molecule has 0 aromatic heterocycles. The van der Waals surface area contributed by atoms with E-state index in [4.69, 9.17) is 9.47 Å². The Balaban J connectivity index is 0.00000480. The maximum Gasteiger partial charge on any atom is 0.191 e. The lowest BCUT2D eigenvalue weighted by Crippen LogP contribution is -2.44. The summed E-state index contributed by atoms with van der Waals surface area (Å²) in [5.74, 6) is 2.02. The summed E-state index contributed by atoms with van der Waals surface area (Å²) in [5, 5.41) is 17.3. The molecule has 0 saturated carbocycles. The molecule has 0 saturated heterocycles. The molecule has 7 heteroatoms. The van der Waals surface area contributed by atoms with Crippen LogP contribution in [0.15, 0.2) is 60.1 Å². The standard InChI is InChI=1S/C24H33N3O3.HI/c1-6-11-19-14-18(15-21(29-4)22(19)30-5)16-26-23(25-7-2)27-17-24(3,28)20-12-9-8-10-13-20;/h6,8-10,12-15,28H,1,7,11,16-17H2,2-5H3,(H2,25,26,27);1H. The average molecular weight is 539 g/mol. The van der Waals surface area contributed by atoms with Gasteiger partial charge in [-0.15, -0.1) is 30.6 Å². The molecule has 0 heterocycles. The molecule has 0 radical (unpaired) electrons. The zero-order valence-electron chi connectivity index (χ0n) is 18.8. The van der Waals surface area contributed by atoms with Crippen molar-refractivity contribution in [1.82, 2.24) is 10.6 Å². The Morgan fingerprint density at radius 1 is 1.16 bits per heavy atom. The first-order valence-corrected chi connectivity index (χ1v) is 10.1. The Morgan fingerprint density at radius 3 is 2.45 bits per heavy atom. The van der Waals surface area contributed by atoms with Gasteiger partial charge in [0.2, 0.25) is 0 Å². The molecule has 2 aromatic rings. The molecule has 1 atom stereocenters. The van der Waals surface area contributed by atoms with Gasteiger partial charge in [-0.05, 0) is 43.5 Å². The van der Waals surface area contributed by atoms with Crippen molar-refractivity contribution in [1.29, 1.82) is 0 Å². The van der Waals surface area contributed by atoms with Crippen LogP contribution in [0.4, 0.5) is 0 Å². The molecule has 0 aliphatic heterocycles. The molecule has 0 aliphatic rings. The monoisotopic (exact) mass is 539 g/mol. The molecule has 0 aliphatic carbocycles. The van der Waals surface area contributed by atoms with Crippen LogP contribution < -0.4 is 20.1 Å². The van der Waals surface area contributed by atoms with E-state index in [9.17, 15) is 5.11 Å². The van der Waals surface area contributed by atoms with Gasteiger partial charge in [-0.2, -0.15) is 0 Å². The van der Waals surface area contributed by atoms with Gasteiger partial charge in [0.25, 0.3) is 0 Å². The number of methoxy groups -OCH3 is 2. The fraction of sp³-hybridized carbons (Fsp3) is 0.375. The summed E-state index contributed by atoms with van der Waals surface area (Å²) >= 11 is 0. The maximum absolute atomic E-state index is 10.8. The number of aliphatic hydroxyl groups is 1. The van der Waals surface area contributed by atoms with E-state index >= 15 is 0 Å². The van der Waals surface area contributed by atoms with Crippen LogP contribution in [0.3, 0.4) is 0 Å². The van der Waals surface area contributed by atoms with E-state index in [0.717, 1.165) is 16.7 Å². The number of guanidine groups is 1. The van der Waals surface area contributed by atoms with Crippen LogP contribution in [0.2, 0.25) is 0 Å². The first-order chi connectivity index (χ1) is 14.4. The van der Waals surface area contributed by atoms with Crippen molar-refractivity contribution in [2.45, 2.75) is 32.4 Å². The first kappa shape index (κ1) is 26.8. The molecule has 2 rings (SSSR count). The fourth-order valence-electron chi connectivity index (χ4n) is 3.17. The highest BCUT2D eigenvalue weighted by Gasteiger charge is 2.23. The number of allylic oxidation sites excluding steroid dienone is 1. The largest absolute Gasteiger partial charge is 0.493 e. The molecule has 6 nitrogen and oxygen atoms in total. The highest BCUT2D eigenvalue weighted by Crippen LogP contribution is 2.33. The Bertz CT molecular complexity index is 855. The molecule has 31 heavy (non-hydrogen) atoms. The van der Waals surface area contributed by atoms with E-state index in [1.807, 2.05) is 49.4 Å². The number of aliphatic imine (C=N–C) groups is 1. The van der Waals surface area contributed by atoms with Gasteiger partial charge in [0.15, 0.2) is 17.5 Å². The number of benzene rings is 2. The van der Waals surface area contributed by atoms with Gasteiger partial charge in [-0.25, -0.2) is 4.99 Å². The number of hydrogen-bond donors (Lipinski definition) is 3. The van der Waals surface area contributed by atoms with Crippen molar-refractivity contribution in [3.63, 3.8) is 0 Å². The van der Waals surface area contributed by atoms with Gasteiger partial charge in [0.1, 0.15) is 5.60 Å². The summed E-state index contributed by atoms with van der Waals surface area (Å²) < 4.78 is 11.0. The van der Waals surface area contributed by atoms with Crippen LogP contribution in [-0.4, -0.2) is 38.4 Å². The topological polar surface area (TPSA) is 75.1 Å². The van der Waals surface area contributed by atoms with Gasteiger partial charge < -0.3 is 25.2 Å². The van der Waals surface area contributed by atoms with Crippen LogP contribution >= 0.6 is 24.0 Å². The smallest absolute Gasteiger partial charge is 0.191 e. The third-order valence-electron chi connectivity index (χ3n) is 4.74. The van der Waals surface area contributed by atoms with Gasteiger partial charge in [-0.3, -0.25) is 0 Å². The van der Waals surface area contributed by atoms with Crippen LogP contribution in [0, 0.1) is 0 Å².